The zero-order valence-corrected chi connectivity index (χ0v) is 4.50. The molecule has 0 aromatic carbocycles. The Balaban J connectivity index is 3.68. The molecule has 0 aliphatic heterocycles. The summed E-state index contributed by atoms with van der Waals surface area (Å²) in [4.78, 5) is 0. The predicted octanol–water partition coefficient (Wildman–Crippen LogP) is 1.58. The van der Waals surface area contributed by atoms with Gasteiger partial charge in [-0.1, -0.05) is 5.57 Å². The van der Waals surface area contributed by atoms with Gasteiger partial charge in [0.1, 0.15) is 0 Å². The molecule has 0 saturated carbocycles. The smallest absolute Gasteiger partial charge is 0.0269 e. The second kappa shape index (κ2) is 1.85. The van der Waals surface area contributed by atoms with Crippen LogP contribution in [0.25, 0.3) is 0 Å². The van der Waals surface area contributed by atoms with Gasteiger partial charge in [0, 0.05) is 5.70 Å². The molecule has 0 aromatic heterocycles. The molecule has 0 heterocycles. The second-order valence-corrected chi connectivity index (χ2v) is 1.62. The summed E-state index contributed by atoms with van der Waals surface area (Å²) in [5, 5.41) is 0. The first-order valence-electron chi connectivity index (χ1n) is 2.00. The van der Waals surface area contributed by atoms with E-state index < -0.39 is 0 Å². The van der Waals surface area contributed by atoms with E-state index in [9.17, 15) is 0 Å². The molecule has 0 bridgehead atoms. The highest BCUT2D eigenvalue weighted by Crippen LogP contribution is 1.92. The Hall–Kier alpha value is -0.460. The van der Waals surface area contributed by atoms with Gasteiger partial charge in [0.25, 0.3) is 0 Å². The van der Waals surface area contributed by atoms with E-state index in [0.29, 0.717) is 5.70 Å². The van der Waals surface area contributed by atoms with Crippen molar-refractivity contribution in [1.29, 1.82) is 0 Å². The van der Waals surface area contributed by atoms with Gasteiger partial charge in [0.2, 0.25) is 0 Å². The molecule has 0 amide bonds. The first-order chi connectivity index (χ1) is 2.64. The first-order valence-corrected chi connectivity index (χ1v) is 2.00. The zero-order chi connectivity index (χ0) is 5.15. The van der Waals surface area contributed by atoms with Crippen LogP contribution < -0.4 is 5.73 Å². The van der Waals surface area contributed by atoms with Gasteiger partial charge in [0.05, 0.1) is 0 Å². The van der Waals surface area contributed by atoms with E-state index in [1.54, 1.807) is 6.92 Å². The molecule has 0 aromatic rings. The number of allylic oxidation sites excluding steroid dienone is 2. The highest BCUT2D eigenvalue weighted by molar-refractivity contribution is 5.00. The van der Waals surface area contributed by atoms with E-state index in [1.165, 1.54) is 0 Å². The lowest BCUT2D eigenvalue weighted by molar-refractivity contribution is 1.16. The van der Waals surface area contributed by atoms with Crippen LogP contribution in [0.2, 0.25) is 0 Å². The standard InChI is InChI=1S/C5H10N/c1-4(2)5(3)6/h6H,1-3H3. The topological polar surface area (TPSA) is 23.8 Å². The zero-order valence-electron chi connectivity index (χ0n) is 4.50. The average molecular weight is 84.1 g/mol. The van der Waals surface area contributed by atoms with Crippen molar-refractivity contribution >= 4 is 0 Å². The molecule has 0 rings (SSSR count). The molecule has 6 heavy (non-hydrogen) atoms. The van der Waals surface area contributed by atoms with Crippen molar-refractivity contribution in [1.82, 2.24) is 5.73 Å². The normalized spacial score (nSPS) is 7.83. The molecule has 1 radical (unpaired) electrons. The number of nitrogens with one attached hydrogen (secondary N) is 1. The average Bonchev–Trinajstić information content (AvgIpc) is 1.36. The highest BCUT2D eigenvalue weighted by atomic mass is 14.5. The minimum absolute atomic E-state index is 0.676. The lowest BCUT2D eigenvalue weighted by Gasteiger charge is -1.86. The quantitative estimate of drug-likeness (QED) is 0.425. The van der Waals surface area contributed by atoms with Crippen LogP contribution in [0.15, 0.2) is 11.3 Å². The lowest BCUT2D eigenvalue weighted by atomic mass is 10.3. The molecular weight excluding hydrogens is 74.1 g/mol. The van der Waals surface area contributed by atoms with Crippen molar-refractivity contribution in [3.8, 4) is 0 Å². The molecule has 0 unspecified atom stereocenters. The van der Waals surface area contributed by atoms with E-state index in [4.69, 9.17) is 5.73 Å². The maximum absolute atomic E-state index is 6.91. The third kappa shape index (κ3) is 1.82. The van der Waals surface area contributed by atoms with E-state index in [0.717, 1.165) is 5.57 Å². The van der Waals surface area contributed by atoms with Crippen LogP contribution >= 0.6 is 0 Å². The van der Waals surface area contributed by atoms with Crippen molar-refractivity contribution in [3.05, 3.63) is 11.3 Å². The third-order valence-corrected chi connectivity index (χ3v) is 0.750. The fraction of sp³-hybridized carbons (Fsp3) is 0.600. The Morgan fingerprint density at radius 1 is 1.17 bits per heavy atom. The Kier molecular flexibility index (Phi) is 1.71. The Labute approximate surface area is 38.8 Å². The van der Waals surface area contributed by atoms with E-state index >= 15 is 0 Å². The van der Waals surface area contributed by atoms with Crippen LogP contribution in [0, 0.1) is 0 Å². The summed E-state index contributed by atoms with van der Waals surface area (Å²) in [6, 6.07) is 0. The fourth-order valence-electron chi connectivity index (χ4n) is 0. The Bertz CT molecular complexity index is 54.0. The molecule has 1 heteroatoms. The van der Waals surface area contributed by atoms with Crippen molar-refractivity contribution in [2.45, 2.75) is 20.8 Å². The van der Waals surface area contributed by atoms with Crippen molar-refractivity contribution < 1.29 is 0 Å². The van der Waals surface area contributed by atoms with Gasteiger partial charge in [-0.25, -0.2) is 0 Å². The van der Waals surface area contributed by atoms with Gasteiger partial charge in [-0.05, 0) is 20.8 Å². The molecule has 1 N–H and O–H groups in total. The SMILES string of the molecule is CC(C)=C(C)[NH]. The maximum atomic E-state index is 6.91. The van der Waals surface area contributed by atoms with Gasteiger partial charge >= 0.3 is 0 Å². The highest BCUT2D eigenvalue weighted by Gasteiger charge is 1.77. The van der Waals surface area contributed by atoms with Crippen LogP contribution in [0.5, 0.6) is 0 Å². The molecule has 0 aliphatic rings. The van der Waals surface area contributed by atoms with E-state index in [2.05, 4.69) is 0 Å². The van der Waals surface area contributed by atoms with E-state index in [-0.39, 0.29) is 0 Å². The predicted molar refractivity (Wildman–Crippen MR) is 27.1 cm³/mol. The number of hydrogen-bond donors (Lipinski definition) is 0. The van der Waals surface area contributed by atoms with E-state index in [1.807, 2.05) is 13.8 Å². The number of rotatable bonds is 0. The van der Waals surface area contributed by atoms with Crippen LogP contribution in [0.1, 0.15) is 20.8 Å². The van der Waals surface area contributed by atoms with Crippen molar-refractivity contribution in [3.63, 3.8) is 0 Å². The minimum atomic E-state index is 0.676. The fourth-order valence-corrected chi connectivity index (χ4v) is 0. The molecule has 0 saturated heterocycles. The minimum Gasteiger partial charge on any atom is -0.306 e. The molecule has 0 spiro atoms. The van der Waals surface area contributed by atoms with Crippen molar-refractivity contribution in [2.24, 2.45) is 0 Å². The van der Waals surface area contributed by atoms with Crippen LogP contribution in [0.3, 0.4) is 0 Å². The molecule has 35 valence electrons. The van der Waals surface area contributed by atoms with Gasteiger partial charge in [-0.2, -0.15) is 0 Å². The third-order valence-electron chi connectivity index (χ3n) is 0.750. The second-order valence-electron chi connectivity index (χ2n) is 1.62. The van der Waals surface area contributed by atoms with Gasteiger partial charge in [0.15, 0.2) is 0 Å². The molecule has 1 nitrogen and oxygen atoms in total. The monoisotopic (exact) mass is 84.1 g/mol. The Morgan fingerprint density at radius 3 is 1.33 bits per heavy atom. The molecule has 0 atom stereocenters. The van der Waals surface area contributed by atoms with Crippen LogP contribution in [-0.4, -0.2) is 0 Å². The summed E-state index contributed by atoms with van der Waals surface area (Å²) < 4.78 is 0. The summed E-state index contributed by atoms with van der Waals surface area (Å²) in [5.74, 6) is 0. The summed E-state index contributed by atoms with van der Waals surface area (Å²) >= 11 is 0. The van der Waals surface area contributed by atoms with Crippen LogP contribution in [-0.2, 0) is 0 Å². The van der Waals surface area contributed by atoms with Crippen molar-refractivity contribution in [2.75, 3.05) is 0 Å². The molecule has 0 fully saturated rings. The maximum Gasteiger partial charge on any atom is 0.0269 e. The summed E-state index contributed by atoms with van der Waals surface area (Å²) in [7, 11) is 0. The lowest BCUT2D eigenvalue weighted by Crippen LogP contribution is -1.75. The summed E-state index contributed by atoms with van der Waals surface area (Å²) in [6.45, 7) is 5.65. The Morgan fingerprint density at radius 2 is 1.33 bits per heavy atom. The molecule has 0 aliphatic carbocycles. The van der Waals surface area contributed by atoms with Gasteiger partial charge < -0.3 is 5.73 Å². The molecular formula is C5H10N. The first kappa shape index (κ1) is 5.54. The van der Waals surface area contributed by atoms with Gasteiger partial charge in [-0.15, -0.1) is 0 Å². The van der Waals surface area contributed by atoms with Crippen LogP contribution in [0.4, 0.5) is 0 Å². The summed E-state index contributed by atoms with van der Waals surface area (Å²) in [6.07, 6.45) is 0. The largest absolute Gasteiger partial charge is 0.306 e. The number of hydrogen-bond acceptors (Lipinski definition) is 0. The van der Waals surface area contributed by atoms with Gasteiger partial charge in [-0.3, -0.25) is 0 Å². The summed E-state index contributed by atoms with van der Waals surface area (Å²) in [5.41, 5.74) is 8.68.